The van der Waals surface area contributed by atoms with E-state index in [1.165, 1.54) is 57.6 Å². The van der Waals surface area contributed by atoms with Crippen molar-refractivity contribution >= 4 is 25.9 Å². The van der Waals surface area contributed by atoms with E-state index in [2.05, 4.69) is 62.9 Å². The van der Waals surface area contributed by atoms with Crippen molar-refractivity contribution in [2.45, 2.75) is 117 Å². The van der Waals surface area contributed by atoms with Gasteiger partial charge in [0, 0.05) is 30.5 Å². The van der Waals surface area contributed by atoms with Crippen molar-refractivity contribution in [2.24, 2.45) is 5.41 Å². The van der Waals surface area contributed by atoms with Gasteiger partial charge in [0.2, 0.25) is 0 Å². The molecule has 0 bridgehead atoms. The first-order valence-corrected chi connectivity index (χ1v) is 17.1. The summed E-state index contributed by atoms with van der Waals surface area (Å²) in [6, 6.07) is 10.8. The highest BCUT2D eigenvalue weighted by Gasteiger charge is 2.26. The second-order valence-electron chi connectivity index (χ2n) is 11.8. The highest BCUT2D eigenvalue weighted by atomic mass is 28.3. The van der Waals surface area contributed by atoms with Crippen LogP contribution in [0.5, 0.6) is 0 Å². The number of aliphatic hydroxyl groups is 1. The molecule has 0 spiro atoms. The van der Waals surface area contributed by atoms with Crippen LogP contribution >= 0.6 is 0 Å². The Hall–Kier alpha value is -1.76. The number of aliphatic hydroxyl groups excluding tert-OH is 1. The Morgan fingerprint density at radius 1 is 0.973 bits per heavy atom. The van der Waals surface area contributed by atoms with Gasteiger partial charge in [-0.15, -0.1) is 0 Å². The van der Waals surface area contributed by atoms with Crippen LogP contribution in [-0.4, -0.2) is 44.9 Å². The first kappa shape index (κ1) is 31.5. The van der Waals surface area contributed by atoms with Crippen LogP contribution in [0.4, 0.5) is 0 Å². The summed E-state index contributed by atoms with van der Waals surface area (Å²) in [6.45, 7) is 12.4. The fourth-order valence-corrected chi connectivity index (χ4v) is 5.65. The predicted molar refractivity (Wildman–Crippen MR) is 157 cm³/mol. The van der Waals surface area contributed by atoms with Gasteiger partial charge in [-0.25, -0.2) is 0 Å². The van der Waals surface area contributed by atoms with E-state index >= 15 is 0 Å². The number of benzene rings is 1. The largest absolute Gasteiger partial charge is 0.469 e. The van der Waals surface area contributed by atoms with Crippen molar-refractivity contribution < 1.29 is 19.1 Å². The van der Waals surface area contributed by atoms with Crippen molar-refractivity contribution in [3.05, 3.63) is 41.6 Å². The van der Waals surface area contributed by atoms with E-state index in [-0.39, 0.29) is 11.4 Å². The number of hydrogen-bond donors (Lipinski definition) is 1. The maximum absolute atomic E-state index is 11.3. The van der Waals surface area contributed by atoms with E-state index in [1.807, 2.05) is 6.07 Å². The zero-order valence-electron chi connectivity index (χ0n) is 24.2. The molecule has 0 fully saturated rings. The highest BCUT2D eigenvalue weighted by molar-refractivity contribution is 6.48. The van der Waals surface area contributed by atoms with Gasteiger partial charge in [-0.2, -0.15) is 0 Å². The molecular weight excluding hydrogens is 478 g/mol. The minimum absolute atomic E-state index is 0.180. The molecule has 1 aromatic carbocycles. The Morgan fingerprint density at radius 3 is 2.32 bits per heavy atom. The van der Waals surface area contributed by atoms with Gasteiger partial charge in [0.05, 0.1) is 18.7 Å². The van der Waals surface area contributed by atoms with Crippen LogP contribution in [0.15, 0.2) is 30.3 Å². The average molecular weight is 530 g/mol. The molecule has 0 aliphatic carbocycles. The first-order valence-electron chi connectivity index (χ1n) is 14.4. The van der Waals surface area contributed by atoms with Gasteiger partial charge < -0.3 is 14.3 Å². The van der Waals surface area contributed by atoms with Crippen LogP contribution in [0, 0.1) is 5.41 Å². The highest BCUT2D eigenvalue weighted by Crippen LogP contribution is 2.40. The molecular formula is C31H51NO4Si. The molecule has 2 unspecified atom stereocenters. The molecule has 37 heavy (non-hydrogen) atoms. The number of nitrogens with zero attached hydrogens (tertiary/aromatic N) is 1. The summed E-state index contributed by atoms with van der Waals surface area (Å²) in [5, 5.41) is 11.6. The third kappa shape index (κ3) is 12.1. The maximum Gasteiger partial charge on any atom is 0.305 e. The molecule has 1 aromatic heterocycles. The maximum atomic E-state index is 11.3. The zero-order valence-corrected chi connectivity index (χ0v) is 25.4. The normalized spacial score (nSPS) is 13.7. The second kappa shape index (κ2) is 16.3. The molecule has 2 atom stereocenters. The molecule has 0 aliphatic heterocycles. The summed E-state index contributed by atoms with van der Waals surface area (Å²) in [6.07, 6.45) is 10.3. The Morgan fingerprint density at radius 2 is 1.65 bits per heavy atom. The van der Waals surface area contributed by atoms with Crippen molar-refractivity contribution in [3.63, 3.8) is 0 Å². The number of unbranched alkanes of at least 4 members (excludes halogenated alkanes) is 5. The number of methoxy groups -OCH3 is 1. The van der Waals surface area contributed by atoms with E-state index in [0.717, 1.165) is 23.2 Å². The lowest BCUT2D eigenvalue weighted by molar-refractivity contribution is -0.140. The zero-order chi connectivity index (χ0) is 27.3. The summed E-state index contributed by atoms with van der Waals surface area (Å²) >= 11 is 0. The number of fused-ring (bicyclic) bond motifs is 1. The quantitative estimate of drug-likeness (QED) is 0.132. The number of esters is 1. The molecule has 0 aliphatic rings. The smallest absolute Gasteiger partial charge is 0.305 e. The van der Waals surface area contributed by atoms with Gasteiger partial charge in [-0.3, -0.25) is 9.78 Å². The molecule has 6 heteroatoms. The minimum atomic E-state index is -0.863. The molecule has 2 rings (SSSR count). The molecule has 0 radical (unpaired) electrons. The van der Waals surface area contributed by atoms with Gasteiger partial charge in [0.15, 0.2) is 9.04 Å². The minimum Gasteiger partial charge on any atom is -0.469 e. The van der Waals surface area contributed by atoms with Crippen LogP contribution in [0.1, 0.15) is 102 Å². The molecule has 0 amide bonds. The number of hydrogen-bond acceptors (Lipinski definition) is 5. The van der Waals surface area contributed by atoms with E-state index in [1.54, 1.807) is 0 Å². The van der Waals surface area contributed by atoms with Crippen molar-refractivity contribution in [1.29, 1.82) is 0 Å². The molecule has 2 aromatic rings. The van der Waals surface area contributed by atoms with Crippen molar-refractivity contribution in [1.82, 2.24) is 4.98 Å². The molecule has 208 valence electrons. The van der Waals surface area contributed by atoms with E-state index in [9.17, 15) is 9.90 Å². The van der Waals surface area contributed by atoms with E-state index < -0.39 is 15.1 Å². The first-order chi connectivity index (χ1) is 17.6. The molecule has 0 saturated carbocycles. The van der Waals surface area contributed by atoms with Gasteiger partial charge >= 0.3 is 5.97 Å². The Balaban J connectivity index is 1.93. The van der Waals surface area contributed by atoms with Crippen molar-refractivity contribution in [3.8, 4) is 0 Å². The number of carbonyl (C=O) groups excluding carboxylic acids is 1. The third-order valence-corrected chi connectivity index (χ3v) is 8.05. The summed E-state index contributed by atoms with van der Waals surface area (Å²) in [7, 11) is 0.530. The summed E-state index contributed by atoms with van der Waals surface area (Å²) in [4.78, 5) is 16.2. The number of rotatable bonds is 17. The van der Waals surface area contributed by atoms with Crippen LogP contribution in [0.2, 0.25) is 13.1 Å². The summed E-state index contributed by atoms with van der Waals surface area (Å²) in [5.74, 6) is 0.251. The Kier molecular flexibility index (Phi) is 13.8. The molecule has 5 nitrogen and oxygen atoms in total. The van der Waals surface area contributed by atoms with Crippen LogP contribution in [0.25, 0.3) is 10.9 Å². The van der Waals surface area contributed by atoms with Crippen molar-refractivity contribution in [2.75, 3.05) is 13.7 Å². The molecule has 1 heterocycles. The average Bonchev–Trinajstić information content (AvgIpc) is 2.83. The fraction of sp³-hybridized carbons (Fsp3) is 0.677. The number of carbonyl (C=O) groups is 1. The Bertz CT molecular complexity index is 940. The van der Waals surface area contributed by atoms with Gasteiger partial charge in [0.25, 0.3) is 0 Å². The fourth-order valence-electron chi connectivity index (χ4n) is 5.01. The summed E-state index contributed by atoms with van der Waals surface area (Å²) in [5.41, 5.74) is 3.43. The molecule has 1 N–H and O–H groups in total. The molecule has 0 saturated heterocycles. The lowest BCUT2D eigenvalue weighted by Gasteiger charge is -2.31. The standard InChI is InChI=1S/C31H51NO4Si/c1-31(2,3)28(15-11-9-7-8-10-12-21-36-37(5)6)25-18-17-24-19-20-26(32-29(24)22-25)23-27(33)14-13-16-30(34)35-4/h17-20,22,27-28,33,37H,7-16,21,23H2,1-6H3. The van der Waals surface area contributed by atoms with Gasteiger partial charge in [-0.05, 0) is 67.8 Å². The number of ether oxygens (including phenoxy) is 1. The lowest BCUT2D eigenvalue weighted by Crippen LogP contribution is -2.18. The van der Waals surface area contributed by atoms with Gasteiger partial charge in [0.1, 0.15) is 0 Å². The van der Waals surface area contributed by atoms with Crippen LogP contribution in [-0.2, 0) is 20.4 Å². The SMILES string of the molecule is COC(=O)CCCC(O)Cc1ccc2ccc(C(CCCCCCCCO[SiH](C)C)C(C)(C)C)cc2n1. The van der Waals surface area contributed by atoms with Crippen LogP contribution < -0.4 is 0 Å². The van der Waals surface area contributed by atoms with Crippen LogP contribution in [0.3, 0.4) is 0 Å². The Labute approximate surface area is 227 Å². The monoisotopic (exact) mass is 529 g/mol. The summed E-state index contributed by atoms with van der Waals surface area (Å²) < 4.78 is 10.5. The van der Waals surface area contributed by atoms with Gasteiger partial charge in [-0.1, -0.05) is 71.1 Å². The second-order valence-corrected chi connectivity index (χ2v) is 14.3. The third-order valence-electron chi connectivity index (χ3n) is 7.15. The lowest BCUT2D eigenvalue weighted by atomic mass is 9.73. The predicted octanol–water partition coefficient (Wildman–Crippen LogP) is 7.34. The van der Waals surface area contributed by atoms with E-state index in [4.69, 9.17) is 9.41 Å². The number of aromatic nitrogens is 1. The topological polar surface area (TPSA) is 68.7 Å². The van der Waals surface area contributed by atoms with E-state index in [0.29, 0.717) is 31.6 Å². The number of pyridine rings is 1.